The van der Waals surface area contributed by atoms with Crippen molar-refractivity contribution in [1.29, 1.82) is 5.26 Å². The van der Waals surface area contributed by atoms with Crippen LogP contribution in [0, 0.1) is 11.3 Å². The smallest absolute Gasteiger partial charge is 0.339 e. The van der Waals surface area contributed by atoms with E-state index in [0.717, 1.165) is 0 Å². The number of para-hydroxylation sites is 1. The molecule has 0 aliphatic carbocycles. The molecule has 0 spiro atoms. The molecule has 0 aliphatic rings. The second kappa shape index (κ2) is 10.3. The summed E-state index contributed by atoms with van der Waals surface area (Å²) in [5, 5.41) is 12.0. The van der Waals surface area contributed by atoms with Gasteiger partial charge >= 0.3 is 10.1 Å². The van der Waals surface area contributed by atoms with Gasteiger partial charge in [0, 0.05) is 5.69 Å². The molecule has 0 aromatic heterocycles. The molecule has 0 radical (unpaired) electrons. The molecule has 9 heteroatoms. The summed E-state index contributed by atoms with van der Waals surface area (Å²) in [6.45, 7) is 0. The molecule has 8 nitrogen and oxygen atoms in total. The van der Waals surface area contributed by atoms with Gasteiger partial charge in [-0.05, 0) is 60.2 Å². The number of nitrogens with zero attached hydrogens (tertiary/aromatic N) is 1. The van der Waals surface area contributed by atoms with Crippen molar-refractivity contribution >= 4 is 27.8 Å². The van der Waals surface area contributed by atoms with Gasteiger partial charge < -0.3 is 19.0 Å². The van der Waals surface area contributed by atoms with Crippen LogP contribution in [0.25, 0.3) is 6.08 Å². The van der Waals surface area contributed by atoms with E-state index in [2.05, 4.69) is 5.32 Å². The maximum atomic E-state index is 12.6. The Balaban J connectivity index is 1.83. The maximum absolute atomic E-state index is 12.6. The largest absolute Gasteiger partial charge is 0.497 e. The lowest BCUT2D eigenvalue weighted by atomic mass is 10.1. The summed E-state index contributed by atoms with van der Waals surface area (Å²) >= 11 is 0. The molecule has 168 valence electrons. The van der Waals surface area contributed by atoms with Gasteiger partial charge in [-0.15, -0.1) is 0 Å². The minimum atomic E-state index is -4.13. The molecule has 3 aromatic rings. The molecule has 0 heterocycles. The molecule has 0 atom stereocenters. The minimum Gasteiger partial charge on any atom is -0.497 e. The zero-order valence-electron chi connectivity index (χ0n) is 17.8. The van der Waals surface area contributed by atoms with E-state index < -0.39 is 16.0 Å². The maximum Gasteiger partial charge on any atom is 0.339 e. The lowest BCUT2D eigenvalue weighted by Gasteiger charge is -2.12. The molecule has 0 saturated carbocycles. The highest BCUT2D eigenvalue weighted by Gasteiger charge is 2.20. The van der Waals surface area contributed by atoms with Gasteiger partial charge in [0.15, 0.2) is 11.5 Å². The Labute approximate surface area is 191 Å². The fourth-order valence-corrected chi connectivity index (χ4v) is 3.73. The van der Waals surface area contributed by atoms with Crippen LogP contribution >= 0.6 is 0 Å². The molecule has 3 aromatic carbocycles. The van der Waals surface area contributed by atoms with Crippen LogP contribution < -0.4 is 19.0 Å². The molecule has 3 rings (SSSR count). The van der Waals surface area contributed by atoms with Crippen molar-refractivity contribution in [3.8, 4) is 23.3 Å². The molecule has 0 fully saturated rings. The van der Waals surface area contributed by atoms with E-state index in [0.29, 0.717) is 17.0 Å². The Hall–Kier alpha value is -4.29. The van der Waals surface area contributed by atoms with Gasteiger partial charge in [-0.2, -0.15) is 13.7 Å². The summed E-state index contributed by atoms with van der Waals surface area (Å²) in [7, 11) is -1.30. The van der Waals surface area contributed by atoms with E-state index in [1.165, 1.54) is 62.8 Å². The number of rotatable bonds is 8. The number of benzene rings is 3. The van der Waals surface area contributed by atoms with Crippen molar-refractivity contribution in [3.05, 3.63) is 83.9 Å². The Morgan fingerprint density at radius 1 is 0.939 bits per heavy atom. The molecule has 33 heavy (non-hydrogen) atoms. The van der Waals surface area contributed by atoms with Gasteiger partial charge in [0.25, 0.3) is 5.91 Å². The number of carbonyl (C=O) groups is 1. The number of anilines is 1. The van der Waals surface area contributed by atoms with Crippen LogP contribution in [0.4, 0.5) is 5.69 Å². The van der Waals surface area contributed by atoms with E-state index in [1.54, 1.807) is 30.3 Å². The molecule has 0 bridgehead atoms. The first-order valence-corrected chi connectivity index (χ1v) is 11.0. The van der Waals surface area contributed by atoms with Crippen molar-refractivity contribution in [2.45, 2.75) is 4.90 Å². The van der Waals surface area contributed by atoms with E-state index in [9.17, 15) is 18.5 Å². The number of hydrogen-bond acceptors (Lipinski definition) is 7. The Morgan fingerprint density at radius 2 is 1.64 bits per heavy atom. The number of carbonyl (C=O) groups excluding carboxylic acids is 1. The summed E-state index contributed by atoms with van der Waals surface area (Å²) in [5.74, 6) is -0.00310. The molecule has 1 amide bonds. The highest BCUT2D eigenvalue weighted by molar-refractivity contribution is 7.87. The van der Waals surface area contributed by atoms with Crippen molar-refractivity contribution in [1.82, 2.24) is 0 Å². The van der Waals surface area contributed by atoms with Crippen LogP contribution in [0.15, 0.2) is 83.3 Å². The predicted molar refractivity (Wildman–Crippen MR) is 122 cm³/mol. The summed E-state index contributed by atoms with van der Waals surface area (Å²) < 4.78 is 40.7. The molecule has 0 unspecified atom stereocenters. The van der Waals surface area contributed by atoms with Gasteiger partial charge in [-0.1, -0.05) is 24.3 Å². The van der Waals surface area contributed by atoms with Crippen molar-refractivity contribution in [2.75, 3.05) is 19.5 Å². The summed E-state index contributed by atoms with van der Waals surface area (Å²) in [6.07, 6.45) is 1.36. The minimum absolute atomic E-state index is 0.0438. The first kappa shape index (κ1) is 23.4. The van der Waals surface area contributed by atoms with Gasteiger partial charge in [0.2, 0.25) is 0 Å². The van der Waals surface area contributed by atoms with E-state index in [-0.39, 0.29) is 22.0 Å². The average Bonchev–Trinajstić information content (AvgIpc) is 2.83. The molecular formula is C24H20N2O6S. The lowest BCUT2D eigenvalue weighted by molar-refractivity contribution is -0.112. The van der Waals surface area contributed by atoms with Crippen LogP contribution in [-0.4, -0.2) is 28.5 Å². The summed E-state index contributed by atoms with van der Waals surface area (Å²) in [4.78, 5) is 12.4. The van der Waals surface area contributed by atoms with Crippen molar-refractivity contribution in [2.24, 2.45) is 0 Å². The molecule has 0 aliphatic heterocycles. The third-order valence-corrected chi connectivity index (χ3v) is 5.69. The fourth-order valence-electron chi connectivity index (χ4n) is 2.79. The Morgan fingerprint density at radius 3 is 2.24 bits per heavy atom. The van der Waals surface area contributed by atoms with Gasteiger partial charge in [-0.25, -0.2) is 0 Å². The second-order valence-corrected chi connectivity index (χ2v) is 8.16. The average molecular weight is 464 g/mol. The lowest BCUT2D eigenvalue weighted by Crippen LogP contribution is -2.13. The van der Waals surface area contributed by atoms with Crippen molar-refractivity contribution in [3.63, 3.8) is 0 Å². The highest BCUT2D eigenvalue weighted by Crippen LogP contribution is 2.32. The van der Waals surface area contributed by atoms with Crippen molar-refractivity contribution < 1.29 is 26.9 Å². The number of nitriles is 1. The number of amides is 1. The fraction of sp³-hybridized carbons (Fsp3) is 0.0833. The van der Waals surface area contributed by atoms with E-state index in [4.69, 9.17) is 13.7 Å². The summed E-state index contributed by atoms with van der Waals surface area (Å²) in [5.41, 5.74) is 0.856. The molecule has 0 saturated heterocycles. The highest BCUT2D eigenvalue weighted by atomic mass is 32.2. The van der Waals surface area contributed by atoms with E-state index in [1.807, 2.05) is 6.07 Å². The Kier molecular flexibility index (Phi) is 7.33. The normalized spacial score (nSPS) is 11.2. The number of methoxy groups -OCH3 is 2. The van der Waals surface area contributed by atoms with E-state index >= 15 is 0 Å². The Bertz CT molecular complexity index is 1310. The van der Waals surface area contributed by atoms with Gasteiger partial charge in [-0.3, -0.25) is 4.79 Å². The number of nitrogens with one attached hydrogen (secondary N) is 1. The first-order valence-electron chi connectivity index (χ1n) is 9.61. The molecule has 1 N–H and O–H groups in total. The number of hydrogen-bond donors (Lipinski definition) is 1. The zero-order chi connectivity index (χ0) is 23.8. The zero-order valence-corrected chi connectivity index (χ0v) is 18.6. The topological polar surface area (TPSA) is 115 Å². The van der Waals surface area contributed by atoms with Gasteiger partial charge in [0.05, 0.1) is 14.2 Å². The summed E-state index contributed by atoms with van der Waals surface area (Å²) in [6, 6.07) is 20.7. The number of ether oxygens (including phenoxy) is 2. The molecular weight excluding hydrogens is 444 g/mol. The first-order chi connectivity index (χ1) is 15.9. The third kappa shape index (κ3) is 5.90. The van der Waals surface area contributed by atoms with Crippen LogP contribution in [0.5, 0.6) is 17.2 Å². The standard InChI is InChI=1S/C24H20N2O6S/c1-30-20-9-11-21(12-10-20)33(28,29)32-22-13-8-17(15-23(22)31-2)14-18(16-25)24(27)26-19-6-4-3-5-7-19/h3-15H,1-2H3,(H,26,27)/b18-14+. The predicted octanol–water partition coefficient (Wildman–Crippen LogP) is 4.02. The van der Waals surface area contributed by atoms with Crippen LogP contribution in [0.3, 0.4) is 0 Å². The van der Waals surface area contributed by atoms with Crippen LogP contribution in [0.2, 0.25) is 0 Å². The van der Waals surface area contributed by atoms with Crippen LogP contribution in [0.1, 0.15) is 5.56 Å². The van der Waals surface area contributed by atoms with Gasteiger partial charge in [0.1, 0.15) is 22.3 Å². The third-order valence-electron chi connectivity index (χ3n) is 4.44. The second-order valence-electron chi connectivity index (χ2n) is 6.61. The quantitative estimate of drug-likeness (QED) is 0.304. The SMILES string of the molecule is COc1ccc(S(=O)(=O)Oc2ccc(/C=C(\C#N)C(=O)Nc3ccccc3)cc2OC)cc1. The monoisotopic (exact) mass is 464 g/mol. The van der Waals surface area contributed by atoms with Crippen LogP contribution in [-0.2, 0) is 14.9 Å².